The first-order chi connectivity index (χ1) is 8.92. The Morgan fingerprint density at radius 1 is 1.21 bits per heavy atom. The molecule has 0 amide bonds. The summed E-state index contributed by atoms with van der Waals surface area (Å²) in [5.41, 5.74) is 2.45. The molecule has 2 heterocycles. The molecule has 0 saturated carbocycles. The molecule has 5 heteroatoms. The molecule has 2 aromatic heterocycles. The van der Waals surface area contributed by atoms with Crippen molar-refractivity contribution in [2.45, 2.75) is 39.4 Å². The number of rotatable bonds is 4. The van der Waals surface area contributed by atoms with E-state index in [1.54, 1.807) is 6.20 Å². The average Bonchev–Trinajstić information content (AvgIpc) is 2.73. The number of aromatic nitrogens is 3. The van der Waals surface area contributed by atoms with E-state index in [1.807, 2.05) is 17.1 Å². The van der Waals surface area contributed by atoms with Crippen LogP contribution in [0, 0.1) is 0 Å². The van der Waals surface area contributed by atoms with Crippen LogP contribution in [-0.4, -0.2) is 20.3 Å². The molecule has 0 bridgehead atoms. The summed E-state index contributed by atoms with van der Waals surface area (Å²) in [6, 6.07) is 2.06. The molecule has 0 saturated heterocycles. The average molecular weight is 323 g/mol. The third-order valence-corrected chi connectivity index (χ3v) is 3.05. The van der Waals surface area contributed by atoms with Gasteiger partial charge in [0.05, 0.1) is 12.7 Å². The van der Waals surface area contributed by atoms with Crippen LogP contribution in [0.5, 0.6) is 0 Å². The summed E-state index contributed by atoms with van der Waals surface area (Å²) < 4.78 is 2.93. The number of pyridine rings is 1. The van der Waals surface area contributed by atoms with E-state index < -0.39 is 0 Å². The number of hydrogen-bond donors (Lipinski definition) is 1. The van der Waals surface area contributed by atoms with Gasteiger partial charge >= 0.3 is 0 Å². The van der Waals surface area contributed by atoms with E-state index in [1.165, 1.54) is 5.56 Å². The lowest BCUT2D eigenvalue weighted by atomic mass is 10.1. The van der Waals surface area contributed by atoms with Crippen molar-refractivity contribution in [1.82, 2.24) is 20.1 Å². The van der Waals surface area contributed by atoms with Crippen molar-refractivity contribution in [2.75, 3.05) is 0 Å². The lowest BCUT2D eigenvalue weighted by Gasteiger charge is -2.19. The van der Waals surface area contributed by atoms with E-state index >= 15 is 0 Å². The van der Waals surface area contributed by atoms with Gasteiger partial charge in [0.1, 0.15) is 0 Å². The highest BCUT2D eigenvalue weighted by Crippen LogP contribution is 2.11. The molecule has 0 atom stereocenters. The van der Waals surface area contributed by atoms with E-state index in [4.69, 9.17) is 0 Å². The lowest BCUT2D eigenvalue weighted by Crippen LogP contribution is -2.34. The molecular weight excluding hydrogens is 304 g/mol. The second-order valence-corrected chi connectivity index (χ2v) is 6.58. The van der Waals surface area contributed by atoms with Gasteiger partial charge in [-0.2, -0.15) is 5.10 Å². The van der Waals surface area contributed by atoms with Crippen LogP contribution >= 0.6 is 15.9 Å². The zero-order valence-electron chi connectivity index (χ0n) is 11.5. The van der Waals surface area contributed by atoms with Crippen LogP contribution in [0.2, 0.25) is 0 Å². The van der Waals surface area contributed by atoms with Gasteiger partial charge in [-0.3, -0.25) is 9.67 Å². The fraction of sp³-hybridized carbons (Fsp3) is 0.429. The number of halogens is 1. The van der Waals surface area contributed by atoms with Gasteiger partial charge in [0.2, 0.25) is 0 Å². The van der Waals surface area contributed by atoms with Gasteiger partial charge in [0, 0.05) is 40.7 Å². The predicted molar refractivity (Wildman–Crippen MR) is 79.9 cm³/mol. The monoisotopic (exact) mass is 322 g/mol. The van der Waals surface area contributed by atoms with Crippen molar-refractivity contribution in [3.05, 3.63) is 46.5 Å². The molecule has 2 rings (SSSR count). The standard InChI is InChI=1S/C14H19BrN4/c1-14(2,3)17-6-12-7-18-19(10-12)9-11-4-13(15)8-16-5-11/h4-5,7-8,10,17H,6,9H2,1-3H3. The van der Waals surface area contributed by atoms with Crippen molar-refractivity contribution >= 4 is 15.9 Å². The van der Waals surface area contributed by atoms with Crippen LogP contribution in [0.25, 0.3) is 0 Å². The van der Waals surface area contributed by atoms with Crippen LogP contribution in [0.1, 0.15) is 31.9 Å². The largest absolute Gasteiger partial charge is 0.308 e. The van der Waals surface area contributed by atoms with E-state index in [0.29, 0.717) is 0 Å². The highest BCUT2D eigenvalue weighted by Gasteiger charge is 2.09. The summed E-state index contributed by atoms with van der Waals surface area (Å²) >= 11 is 3.43. The summed E-state index contributed by atoms with van der Waals surface area (Å²) in [6.45, 7) is 8.04. The van der Waals surface area contributed by atoms with Gasteiger partial charge in [-0.15, -0.1) is 0 Å². The molecule has 0 aliphatic heterocycles. The maximum atomic E-state index is 4.38. The molecule has 0 spiro atoms. The Morgan fingerprint density at radius 3 is 2.68 bits per heavy atom. The quantitative estimate of drug-likeness (QED) is 0.941. The molecule has 0 fully saturated rings. The topological polar surface area (TPSA) is 42.7 Å². The summed E-state index contributed by atoms with van der Waals surface area (Å²) in [5, 5.41) is 7.83. The van der Waals surface area contributed by atoms with Crippen molar-refractivity contribution in [3.8, 4) is 0 Å². The molecule has 19 heavy (non-hydrogen) atoms. The Morgan fingerprint density at radius 2 is 2.00 bits per heavy atom. The van der Waals surface area contributed by atoms with Crippen molar-refractivity contribution in [2.24, 2.45) is 0 Å². The zero-order chi connectivity index (χ0) is 13.9. The van der Waals surface area contributed by atoms with E-state index in [-0.39, 0.29) is 5.54 Å². The Hall–Kier alpha value is -1.20. The van der Waals surface area contributed by atoms with Crippen LogP contribution < -0.4 is 5.32 Å². The highest BCUT2D eigenvalue weighted by atomic mass is 79.9. The Balaban J connectivity index is 1.97. The van der Waals surface area contributed by atoms with Gasteiger partial charge in [-0.1, -0.05) is 0 Å². The van der Waals surface area contributed by atoms with Crippen molar-refractivity contribution in [3.63, 3.8) is 0 Å². The maximum absolute atomic E-state index is 4.38. The number of nitrogens with zero attached hydrogens (tertiary/aromatic N) is 3. The van der Waals surface area contributed by atoms with E-state index in [9.17, 15) is 0 Å². The van der Waals surface area contributed by atoms with Crippen LogP contribution in [0.15, 0.2) is 35.3 Å². The molecule has 0 aromatic carbocycles. The minimum absolute atomic E-state index is 0.121. The van der Waals surface area contributed by atoms with E-state index in [0.717, 1.165) is 23.1 Å². The Bertz CT molecular complexity index is 542. The van der Waals surface area contributed by atoms with Gasteiger partial charge in [0.15, 0.2) is 0 Å². The molecule has 0 radical (unpaired) electrons. The van der Waals surface area contributed by atoms with Crippen molar-refractivity contribution in [1.29, 1.82) is 0 Å². The first-order valence-corrected chi connectivity index (χ1v) is 7.07. The van der Waals surface area contributed by atoms with Gasteiger partial charge in [-0.25, -0.2) is 0 Å². The first-order valence-electron chi connectivity index (χ1n) is 6.28. The summed E-state index contributed by atoms with van der Waals surface area (Å²) in [4.78, 5) is 4.16. The zero-order valence-corrected chi connectivity index (χ0v) is 13.1. The molecule has 102 valence electrons. The molecule has 0 aliphatic carbocycles. The molecule has 1 N–H and O–H groups in total. The minimum Gasteiger partial charge on any atom is -0.308 e. The second-order valence-electron chi connectivity index (χ2n) is 5.66. The van der Waals surface area contributed by atoms with E-state index in [2.05, 4.69) is 64.4 Å². The van der Waals surface area contributed by atoms with Gasteiger partial charge < -0.3 is 5.32 Å². The normalized spacial score (nSPS) is 11.8. The van der Waals surface area contributed by atoms with Gasteiger partial charge in [-0.05, 0) is 48.3 Å². The SMILES string of the molecule is CC(C)(C)NCc1cnn(Cc2cncc(Br)c2)c1. The Labute approximate surface area is 122 Å². The Kier molecular flexibility index (Phi) is 4.37. The minimum atomic E-state index is 0.121. The fourth-order valence-electron chi connectivity index (χ4n) is 1.68. The first kappa shape index (κ1) is 14.2. The summed E-state index contributed by atoms with van der Waals surface area (Å²) in [5.74, 6) is 0. The second kappa shape index (κ2) is 5.84. The smallest absolute Gasteiger partial charge is 0.0674 e. The van der Waals surface area contributed by atoms with Crippen LogP contribution in [0.4, 0.5) is 0 Å². The fourth-order valence-corrected chi connectivity index (χ4v) is 2.09. The third-order valence-electron chi connectivity index (χ3n) is 2.62. The number of nitrogens with one attached hydrogen (secondary N) is 1. The lowest BCUT2D eigenvalue weighted by molar-refractivity contribution is 0.424. The van der Waals surface area contributed by atoms with Crippen molar-refractivity contribution < 1.29 is 0 Å². The third kappa shape index (κ3) is 4.76. The highest BCUT2D eigenvalue weighted by molar-refractivity contribution is 9.10. The summed E-state index contributed by atoms with van der Waals surface area (Å²) in [7, 11) is 0. The van der Waals surface area contributed by atoms with Crippen LogP contribution in [0.3, 0.4) is 0 Å². The van der Waals surface area contributed by atoms with Gasteiger partial charge in [0.25, 0.3) is 0 Å². The molecule has 2 aromatic rings. The molecule has 0 unspecified atom stereocenters. The molecule has 0 aliphatic rings. The van der Waals surface area contributed by atoms with Crippen LogP contribution in [-0.2, 0) is 13.1 Å². The number of hydrogen-bond acceptors (Lipinski definition) is 3. The molecule has 4 nitrogen and oxygen atoms in total. The predicted octanol–water partition coefficient (Wildman–Crippen LogP) is 2.98. The maximum Gasteiger partial charge on any atom is 0.0674 e. The molecular formula is C14H19BrN4. The summed E-state index contributed by atoms with van der Waals surface area (Å²) in [6.07, 6.45) is 7.62.